The number of nitrogens with zero attached hydrogens (tertiary/aromatic N) is 5. The predicted molar refractivity (Wildman–Crippen MR) is 65.9 cm³/mol. The molecule has 2 heterocycles. The van der Waals surface area contributed by atoms with Gasteiger partial charge in [0.2, 0.25) is 5.95 Å². The fourth-order valence-electron chi connectivity index (χ4n) is 1.91. The second kappa shape index (κ2) is 4.46. The molecule has 0 fully saturated rings. The lowest BCUT2D eigenvalue weighted by Gasteiger charge is -2.04. The number of hydrogen-bond donors (Lipinski definition) is 0. The van der Waals surface area contributed by atoms with Crippen LogP contribution in [-0.2, 0) is 6.42 Å². The van der Waals surface area contributed by atoms with Crippen molar-refractivity contribution in [2.75, 3.05) is 0 Å². The highest BCUT2D eigenvalue weighted by Gasteiger charge is 2.13. The summed E-state index contributed by atoms with van der Waals surface area (Å²) in [6.45, 7) is 0. The summed E-state index contributed by atoms with van der Waals surface area (Å²) in [7, 11) is 0. The average Bonchev–Trinajstić information content (AvgIpc) is 2.78. The van der Waals surface area contributed by atoms with Crippen molar-refractivity contribution in [3.05, 3.63) is 48.3 Å². The first kappa shape index (κ1) is 11.3. The van der Waals surface area contributed by atoms with E-state index in [2.05, 4.69) is 21.0 Å². The number of nitriles is 1. The molecule has 0 aliphatic carbocycles. The smallest absolute Gasteiger partial charge is 0.235 e. The van der Waals surface area contributed by atoms with Crippen LogP contribution in [0.4, 0.5) is 4.39 Å². The minimum absolute atomic E-state index is 0.134. The lowest BCUT2D eigenvalue weighted by molar-refractivity contribution is 0.610. The largest absolute Gasteiger partial charge is 0.263 e. The molecule has 0 N–H and O–H groups in total. The third-order valence-electron chi connectivity index (χ3n) is 2.67. The van der Waals surface area contributed by atoms with Gasteiger partial charge in [0.15, 0.2) is 5.82 Å². The molecule has 0 radical (unpaired) electrons. The Bertz CT molecular complexity index is 770. The first-order chi connectivity index (χ1) is 9.29. The molecule has 0 atom stereocenters. The minimum atomic E-state index is -0.505. The Balaban J connectivity index is 2.28. The van der Waals surface area contributed by atoms with E-state index in [9.17, 15) is 4.39 Å². The van der Waals surface area contributed by atoms with E-state index in [0.717, 1.165) is 23.4 Å². The fourth-order valence-corrected chi connectivity index (χ4v) is 1.91. The maximum absolute atomic E-state index is 12.9. The van der Waals surface area contributed by atoms with Gasteiger partial charge in [0.1, 0.15) is 5.82 Å². The van der Waals surface area contributed by atoms with Crippen molar-refractivity contribution in [2.45, 2.75) is 6.42 Å². The highest BCUT2D eigenvalue weighted by molar-refractivity contribution is 5.77. The second-order valence-electron chi connectivity index (χ2n) is 3.89. The molecule has 3 rings (SSSR count). The lowest BCUT2D eigenvalue weighted by Crippen LogP contribution is -2.05. The Morgan fingerprint density at radius 1 is 1.21 bits per heavy atom. The summed E-state index contributed by atoms with van der Waals surface area (Å²) < 4.78 is 14.6. The maximum atomic E-state index is 12.9. The molecule has 0 amide bonds. The molecule has 2 aromatic heterocycles. The van der Waals surface area contributed by atoms with Gasteiger partial charge >= 0.3 is 0 Å². The van der Waals surface area contributed by atoms with Crippen LogP contribution in [0.5, 0.6) is 0 Å². The molecule has 92 valence electrons. The van der Waals surface area contributed by atoms with Crippen molar-refractivity contribution in [1.29, 1.82) is 5.26 Å². The van der Waals surface area contributed by atoms with E-state index < -0.39 is 5.82 Å². The molecule has 0 saturated heterocycles. The van der Waals surface area contributed by atoms with Crippen LogP contribution >= 0.6 is 0 Å². The molecular weight excluding hydrogens is 245 g/mol. The number of hydrogen-bond acceptors (Lipinski definition) is 4. The molecule has 0 bridgehead atoms. The van der Waals surface area contributed by atoms with E-state index >= 15 is 0 Å². The van der Waals surface area contributed by atoms with Gasteiger partial charge in [0.05, 0.1) is 35.9 Å². The summed E-state index contributed by atoms with van der Waals surface area (Å²) in [5, 5.41) is 8.86. The van der Waals surface area contributed by atoms with Gasteiger partial charge in [-0.25, -0.2) is 19.3 Å². The molecule has 5 nitrogen and oxygen atoms in total. The van der Waals surface area contributed by atoms with Crippen molar-refractivity contribution < 1.29 is 4.39 Å². The van der Waals surface area contributed by atoms with Crippen LogP contribution < -0.4 is 0 Å². The molecule has 0 spiro atoms. The number of benzene rings is 1. The first-order valence-electron chi connectivity index (χ1n) is 5.61. The first-order valence-corrected chi connectivity index (χ1v) is 5.61. The molecule has 0 saturated carbocycles. The monoisotopic (exact) mass is 253 g/mol. The lowest BCUT2D eigenvalue weighted by atomic mass is 10.3. The summed E-state index contributed by atoms with van der Waals surface area (Å²) >= 11 is 0. The summed E-state index contributed by atoms with van der Waals surface area (Å²) in [6.07, 6.45) is 2.32. The number of aromatic nitrogens is 4. The van der Waals surface area contributed by atoms with Crippen molar-refractivity contribution >= 4 is 11.0 Å². The molecule has 19 heavy (non-hydrogen) atoms. The van der Waals surface area contributed by atoms with E-state index in [4.69, 9.17) is 5.26 Å². The van der Waals surface area contributed by atoms with Gasteiger partial charge in [0.25, 0.3) is 0 Å². The molecule has 0 aliphatic rings. The van der Waals surface area contributed by atoms with Crippen molar-refractivity contribution in [2.24, 2.45) is 0 Å². The van der Waals surface area contributed by atoms with Gasteiger partial charge < -0.3 is 0 Å². The van der Waals surface area contributed by atoms with Crippen LogP contribution in [0.1, 0.15) is 5.82 Å². The van der Waals surface area contributed by atoms with Gasteiger partial charge in [-0.15, -0.1) is 0 Å². The van der Waals surface area contributed by atoms with Gasteiger partial charge in [-0.05, 0) is 12.1 Å². The van der Waals surface area contributed by atoms with Gasteiger partial charge in [0, 0.05) is 0 Å². The summed E-state index contributed by atoms with van der Waals surface area (Å²) in [5.41, 5.74) is 1.54. The Labute approximate surface area is 108 Å². The Kier molecular flexibility index (Phi) is 2.65. The third-order valence-corrected chi connectivity index (χ3v) is 2.67. The van der Waals surface area contributed by atoms with Gasteiger partial charge in [-0.3, -0.25) is 4.57 Å². The van der Waals surface area contributed by atoms with Crippen molar-refractivity contribution in [3.8, 4) is 12.0 Å². The summed E-state index contributed by atoms with van der Waals surface area (Å²) in [5.74, 6) is 0.339. The van der Waals surface area contributed by atoms with Crippen LogP contribution in [-0.4, -0.2) is 19.5 Å². The normalized spacial score (nSPS) is 10.5. The predicted octanol–water partition coefficient (Wildman–Crippen LogP) is 2.02. The summed E-state index contributed by atoms with van der Waals surface area (Å²) in [4.78, 5) is 12.3. The van der Waals surface area contributed by atoms with Crippen molar-refractivity contribution in [3.63, 3.8) is 0 Å². The highest BCUT2D eigenvalue weighted by atomic mass is 19.1. The van der Waals surface area contributed by atoms with E-state index in [0.29, 0.717) is 11.8 Å². The standard InChI is InChI=1S/C13H8FN5/c14-9-7-16-13(17-8-9)19-11-4-2-1-3-10(11)18-12(19)5-6-15/h1-4,7-8H,5H2. The molecule has 6 heteroatoms. The molecule has 3 aromatic rings. The number of fused-ring (bicyclic) bond motifs is 1. The van der Waals surface area contributed by atoms with Crippen LogP contribution in [0.25, 0.3) is 17.0 Å². The number of para-hydroxylation sites is 2. The molecular formula is C13H8FN5. The molecule has 0 aliphatic heterocycles. The van der Waals surface area contributed by atoms with Crippen LogP contribution in [0.15, 0.2) is 36.7 Å². The Morgan fingerprint density at radius 2 is 1.95 bits per heavy atom. The van der Waals surface area contributed by atoms with Crippen LogP contribution in [0.2, 0.25) is 0 Å². The fraction of sp³-hybridized carbons (Fsp3) is 0.0769. The number of halogens is 1. The van der Waals surface area contributed by atoms with Gasteiger partial charge in [-0.2, -0.15) is 5.26 Å². The van der Waals surface area contributed by atoms with E-state index in [1.807, 2.05) is 24.3 Å². The zero-order valence-corrected chi connectivity index (χ0v) is 9.79. The second-order valence-corrected chi connectivity index (χ2v) is 3.89. The number of rotatable bonds is 2. The van der Waals surface area contributed by atoms with E-state index in [1.54, 1.807) is 4.57 Å². The highest BCUT2D eigenvalue weighted by Crippen LogP contribution is 2.19. The third kappa shape index (κ3) is 1.91. The molecule has 1 aromatic carbocycles. The minimum Gasteiger partial charge on any atom is -0.263 e. The maximum Gasteiger partial charge on any atom is 0.235 e. The van der Waals surface area contributed by atoms with E-state index in [1.165, 1.54) is 0 Å². The number of imidazole rings is 1. The van der Waals surface area contributed by atoms with Crippen molar-refractivity contribution in [1.82, 2.24) is 19.5 Å². The SMILES string of the molecule is N#CCc1nc2ccccc2n1-c1ncc(F)cn1. The van der Waals surface area contributed by atoms with E-state index in [-0.39, 0.29) is 6.42 Å². The average molecular weight is 253 g/mol. The quantitative estimate of drug-likeness (QED) is 0.700. The Hall–Kier alpha value is -2.81. The summed E-state index contributed by atoms with van der Waals surface area (Å²) in [6, 6.07) is 9.48. The zero-order valence-electron chi connectivity index (χ0n) is 9.79. The topological polar surface area (TPSA) is 67.4 Å². The van der Waals surface area contributed by atoms with Gasteiger partial charge in [-0.1, -0.05) is 12.1 Å². The Morgan fingerprint density at radius 3 is 2.68 bits per heavy atom. The zero-order chi connectivity index (χ0) is 13.2. The van der Waals surface area contributed by atoms with Crippen LogP contribution in [0.3, 0.4) is 0 Å². The molecule has 0 unspecified atom stereocenters. The van der Waals surface area contributed by atoms with Crippen LogP contribution in [0, 0.1) is 17.1 Å².